The number of hydrogen-bond acceptors (Lipinski definition) is 3. The molecule has 0 aliphatic heterocycles. The van der Waals surface area contributed by atoms with Crippen LogP contribution in [0.15, 0.2) is 35.7 Å². The number of hydrogen-bond donors (Lipinski definition) is 2. The van der Waals surface area contributed by atoms with E-state index >= 15 is 0 Å². The first-order valence-electron chi connectivity index (χ1n) is 5.94. The average molecular weight is 278 g/mol. The number of anilines is 1. The van der Waals surface area contributed by atoms with Crippen LogP contribution in [-0.4, -0.2) is 12.5 Å². The molecule has 0 aliphatic rings. The molecule has 100 valence electrons. The number of carbonyl (C=O) groups excluding carboxylic acids is 1. The van der Waals surface area contributed by atoms with Crippen LogP contribution in [0.1, 0.15) is 10.4 Å². The first kappa shape index (κ1) is 13.7. The van der Waals surface area contributed by atoms with Gasteiger partial charge in [-0.25, -0.2) is 4.39 Å². The van der Waals surface area contributed by atoms with Crippen molar-refractivity contribution < 1.29 is 9.18 Å². The molecule has 2 aromatic rings. The minimum absolute atomic E-state index is 0.181. The summed E-state index contributed by atoms with van der Waals surface area (Å²) < 4.78 is 12.9. The second-order valence-electron chi connectivity index (χ2n) is 4.19. The molecule has 3 nitrogen and oxygen atoms in total. The Hall–Kier alpha value is -1.72. The van der Waals surface area contributed by atoms with Crippen molar-refractivity contribution in [2.24, 2.45) is 0 Å². The van der Waals surface area contributed by atoms with E-state index < -0.39 is 0 Å². The maximum Gasteiger partial charge on any atom is 0.238 e. The molecule has 0 bridgehead atoms. The van der Waals surface area contributed by atoms with Gasteiger partial charge in [-0.2, -0.15) is 0 Å². The van der Waals surface area contributed by atoms with Crippen molar-refractivity contribution in [2.45, 2.75) is 13.5 Å². The first-order valence-corrected chi connectivity index (χ1v) is 6.82. The summed E-state index contributed by atoms with van der Waals surface area (Å²) in [4.78, 5) is 12.9. The molecule has 0 atom stereocenters. The number of thiophene rings is 1. The van der Waals surface area contributed by atoms with Crippen molar-refractivity contribution in [3.8, 4) is 0 Å². The molecule has 0 saturated heterocycles. The minimum Gasteiger partial charge on any atom is -0.325 e. The summed E-state index contributed by atoms with van der Waals surface area (Å²) in [5.41, 5.74) is 1.70. The lowest BCUT2D eigenvalue weighted by molar-refractivity contribution is -0.115. The third-order valence-corrected chi connectivity index (χ3v) is 3.67. The third kappa shape index (κ3) is 4.15. The second kappa shape index (κ2) is 6.45. The summed E-state index contributed by atoms with van der Waals surface area (Å²) in [6, 6.07) is 7.90. The fourth-order valence-corrected chi connectivity index (χ4v) is 2.52. The van der Waals surface area contributed by atoms with Crippen molar-refractivity contribution in [3.63, 3.8) is 0 Å². The smallest absolute Gasteiger partial charge is 0.238 e. The quantitative estimate of drug-likeness (QED) is 0.883. The highest BCUT2D eigenvalue weighted by Crippen LogP contribution is 2.14. The lowest BCUT2D eigenvalue weighted by Gasteiger charge is -2.06. The fourth-order valence-electron chi connectivity index (χ4n) is 1.65. The SMILES string of the molecule is Cc1ccsc1CNCC(=O)Nc1cccc(F)c1. The number of amides is 1. The Morgan fingerprint density at radius 2 is 2.21 bits per heavy atom. The molecular formula is C14H15FN2OS. The zero-order chi connectivity index (χ0) is 13.7. The van der Waals surface area contributed by atoms with Crippen molar-refractivity contribution in [3.05, 3.63) is 52.0 Å². The Labute approximate surface area is 115 Å². The van der Waals surface area contributed by atoms with Crippen LogP contribution in [0.3, 0.4) is 0 Å². The van der Waals surface area contributed by atoms with Gasteiger partial charge in [-0.3, -0.25) is 4.79 Å². The normalized spacial score (nSPS) is 10.4. The van der Waals surface area contributed by atoms with E-state index in [9.17, 15) is 9.18 Å². The third-order valence-electron chi connectivity index (χ3n) is 2.65. The maximum atomic E-state index is 12.9. The summed E-state index contributed by atoms with van der Waals surface area (Å²) in [5.74, 6) is -0.542. The lowest BCUT2D eigenvalue weighted by Crippen LogP contribution is -2.27. The Bertz CT molecular complexity index is 568. The number of benzene rings is 1. The van der Waals surface area contributed by atoms with Crippen molar-refractivity contribution in [2.75, 3.05) is 11.9 Å². The van der Waals surface area contributed by atoms with Crippen molar-refractivity contribution in [1.29, 1.82) is 0 Å². The number of halogens is 1. The predicted molar refractivity (Wildman–Crippen MR) is 75.8 cm³/mol. The minimum atomic E-state index is -0.361. The number of rotatable bonds is 5. The van der Waals surface area contributed by atoms with Gasteiger partial charge in [-0.05, 0) is 42.1 Å². The maximum absolute atomic E-state index is 12.9. The Morgan fingerprint density at radius 3 is 2.89 bits per heavy atom. The fraction of sp³-hybridized carbons (Fsp3) is 0.214. The number of nitrogens with one attached hydrogen (secondary N) is 2. The summed E-state index contributed by atoms with van der Waals surface area (Å²) in [7, 11) is 0. The zero-order valence-corrected chi connectivity index (χ0v) is 11.4. The Morgan fingerprint density at radius 1 is 1.37 bits per heavy atom. The van der Waals surface area contributed by atoms with E-state index in [4.69, 9.17) is 0 Å². The van der Waals surface area contributed by atoms with Gasteiger partial charge in [-0.15, -0.1) is 11.3 Å². The molecule has 5 heteroatoms. The molecule has 2 N–H and O–H groups in total. The molecule has 2 rings (SSSR count). The molecule has 19 heavy (non-hydrogen) atoms. The van der Waals surface area contributed by atoms with Crippen LogP contribution in [-0.2, 0) is 11.3 Å². The number of aryl methyl sites for hydroxylation is 1. The number of carbonyl (C=O) groups is 1. The van der Waals surface area contributed by atoms with E-state index in [0.717, 1.165) is 0 Å². The van der Waals surface area contributed by atoms with Gasteiger partial charge in [0, 0.05) is 17.1 Å². The van der Waals surface area contributed by atoms with Gasteiger partial charge >= 0.3 is 0 Å². The van der Waals surface area contributed by atoms with Crippen LogP contribution < -0.4 is 10.6 Å². The van der Waals surface area contributed by atoms with Crippen LogP contribution in [0.4, 0.5) is 10.1 Å². The predicted octanol–water partition coefficient (Wildman–Crippen LogP) is 2.92. The van der Waals surface area contributed by atoms with E-state index in [1.54, 1.807) is 23.5 Å². The molecule has 0 radical (unpaired) electrons. The van der Waals surface area contributed by atoms with Crippen LogP contribution in [0.25, 0.3) is 0 Å². The molecule has 0 aliphatic carbocycles. The van der Waals surface area contributed by atoms with Crippen LogP contribution in [0, 0.1) is 12.7 Å². The highest BCUT2D eigenvalue weighted by Gasteiger charge is 2.04. The average Bonchev–Trinajstić information content (AvgIpc) is 2.75. The summed E-state index contributed by atoms with van der Waals surface area (Å²) in [6.07, 6.45) is 0. The van der Waals surface area contributed by atoms with Crippen LogP contribution >= 0.6 is 11.3 Å². The molecule has 1 amide bonds. The zero-order valence-electron chi connectivity index (χ0n) is 10.6. The molecular weight excluding hydrogens is 263 g/mol. The molecule has 0 fully saturated rings. The molecule has 0 unspecified atom stereocenters. The molecule has 1 aromatic carbocycles. The van der Waals surface area contributed by atoms with Gasteiger partial charge in [0.1, 0.15) is 5.82 Å². The van der Waals surface area contributed by atoms with E-state index in [-0.39, 0.29) is 18.3 Å². The molecule has 1 heterocycles. The van der Waals surface area contributed by atoms with Gasteiger partial charge in [0.2, 0.25) is 5.91 Å². The van der Waals surface area contributed by atoms with E-state index in [1.807, 2.05) is 12.3 Å². The topological polar surface area (TPSA) is 41.1 Å². The van der Waals surface area contributed by atoms with Crippen LogP contribution in [0.5, 0.6) is 0 Å². The molecule has 0 spiro atoms. The molecule has 1 aromatic heterocycles. The monoisotopic (exact) mass is 278 g/mol. The lowest BCUT2D eigenvalue weighted by atomic mass is 10.3. The second-order valence-corrected chi connectivity index (χ2v) is 5.19. The summed E-state index contributed by atoms with van der Waals surface area (Å²) in [5, 5.41) is 7.73. The molecule has 0 saturated carbocycles. The van der Waals surface area contributed by atoms with Gasteiger partial charge in [0.05, 0.1) is 6.54 Å². The van der Waals surface area contributed by atoms with E-state index in [0.29, 0.717) is 12.2 Å². The van der Waals surface area contributed by atoms with E-state index in [2.05, 4.69) is 16.7 Å². The van der Waals surface area contributed by atoms with Gasteiger partial charge in [-0.1, -0.05) is 6.07 Å². The largest absolute Gasteiger partial charge is 0.325 e. The van der Waals surface area contributed by atoms with Gasteiger partial charge < -0.3 is 10.6 Å². The Balaban J connectivity index is 1.77. The van der Waals surface area contributed by atoms with Crippen molar-refractivity contribution >= 4 is 22.9 Å². The first-order chi connectivity index (χ1) is 9.15. The van der Waals surface area contributed by atoms with Gasteiger partial charge in [0.25, 0.3) is 0 Å². The summed E-state index contributed by atoms with van der Waals surface area (Å²) >= 11 is 1.66. The highest BCUT2D eigenvalue weighted by atomic mass is 32.1. The van der Waals surface area contributed by atoms with Crippen molar-refractivity contribution in [1.82, 2.24) is 5.32 Å². The Kier molecular flexibility index (Phi) is 4.65. The highest BCUT2D eigenvalue weighted by molar-refractivity contribution is 7.10. The van der Waals surface area contributed by atoms with E-state index in [1.165, 1.54) is 22.6 Å². The van der Waals surface area contributed by atoms with Crippen LogP contribution in [0.2, 0.25) is 0 Å². The summed E-state index contributed by atoms with van der Waals surface area (Å²) in [6.45, 7) is 2.91. The van der Waals surface area contributed by atoms with Gasteiger partial charge in [0.15, 0.2) is 0 Å². The standard InChI is InChI=1S/C14H15FN2OS/c1-10-5-6-19-13(10)8-16-9-14(18)17-12-4-2-3-11(15)7-12/h2-7,16H,8-9H2,1H3,(H,17,18).